The van der Waals surface area contributed by atoms with Gasteiger partial charge >= 0.3 is 0 Å². The number of hydrogen-bond donors (Lipinski definition) is 0. The Morgan fingerprint density at radius 2 is 1.57 bits per heavy atom. The predicted molar refractivity (Wildman–Crippen MR) is 92.8 cm³/mol. The summed E-state index contributed by atoms with van der Waals surface area (Å²) >= 11 is 0. The number of ether oxygens (including phenoxy) is 2. The van der Waals surface area contributed by atoms with Crippen LogP contribution in [0.4, 0.5) is 5.69 Å². The van der Waals surface area contributed by atoms with Gasteiger partial charge in [0.25, 0.3) is 5.91 Å². The summed E-state index contributed by atoms with van der Waals surface area (Å²) in [7, 11) is 3.14. The Labute approximate surface area is 137 Å². The van der Waals surface area contributed by atoms with Gasteiger partial charge in [-0.3, -0.25) is 4.79 Å². The first kappa shape index (κ1) is 16.9. The van der Waals surface area contributed by atoms with Gasteiger partial charge < -0.3 is 14.4 Å². The van der Waals surface area contributed by atoms with Crippen molar-refractivity contribution >= 4 is 11.6 Å². The van der Waals surface area contributed by atoms with Gasteiger partial charge in [-0.15, -0.1) is 0 Å². The topological polar surface area (TPSA) is 38.8 Å². The highest BCUT2D eigenvalue weighted by molar-refractivity contribution is 6.06. The van der Waals surface area contributed by atoms with Gasteiger partial charge in [-0.25, -0.2) is 0 Å². The minimum atomic E-state index is -0.0570. The van der Waals surface area contributed by atoms with E-state index in [-0.39, 0.29) is 5.91 Å². The van der Waals surface area contributed by atoms with Crippen LogP contribution in [0.3, 0.4) is 0 Å². The molecule has 23 heavy (non-hydrogen) atoms. The highest BCUT2D eigenvalue weighted by Gasteiger charge is 2.18. The van der Waals surface area contributed by atoms with Crippen LogP contribution < -0.4 is 14.4 Å². The van der Waals surface area contributed by atoms with Crippen LogP contribution in [0.25, 0.3) is 0 Å². The zero-order chi connectivity index (χ0) is 17.0. The molecule has 1 amide bonds. The van der Waals surface area contributed by atoms with Crippen molar-refractivity contribution in [3.05, 3.63) is 53.1 Å². The van der Waals surface area contributed by atoms with Gasteiger partial charge in [0, 0.05) is 17.8 Å². The van der Waals surface area contributed by atoms with Gasteiger partial charge in [-0.2, -0.15) is 0 Å². The van der Waals surface area contributed by atoms with Crippen molar-refractivity contribution in [3.63, 3.8) is 0 Å². The summed E-state index contributed by atoms with van der Waals surface area (Å²) in [5.41, 5.74) is 3.76. The zero-order valence-corrected chi connectivity index (χ0v) is 14.3. The lowest BCUT2D eigenvalue weighted by Gasteiger charge is -2.22. The number of nitrogens with zero attached hydrogens (tertiary/aromatic N) is 1. The summed E-state index contributed by atoms with van der Waals surface area (Å²) in [5, 5.41) is 0. The van der Waals surface area contributed by atoms with E-state index in [0.717, 1.165) is 16.8 Å². The second-order valence-electron chi connectivity index (χ2n) is 5.47. The number of carbonyl (C=O) groups is 1. The van der Waals surface area contributed by atoms with E-state index < -0.39 is 0 Å². The van der Waals surface area contributed by atoms with Crippen LogP contribution in [0.15, 0.2) is 36.4 Å². The molecule has 0 fully saturated rings. The molecule has 2 aromatic rings. The molecule has 122 valence electrons. The minimum Gasteiger partial charge on any atom is -0.493 e. The van der Waals surface area contributed by atoms with E-state index in [9.17, 15) is 4.79 Å². The summed E-state index contributed by atoms with van der Waals surface area (Å²) in [5.74, 6) is 1.10. The molecular weight excluding hydrogens is 290 g/mol. The second-order valence-corrected chi connectivity index (χ2v) is 5.47. The SMILES string of the molecule is CCN(C(=O)c1ccc(OC)c(OC)c1)c1cc(C)cc(C)c1. The normalized spacial score (nSPS) is 10.3. The Kier molecular flexibility index (Phi) is 5.27. The molecule has 0 atom stereocenters. The predicted octanol–water partition coefficient (Wildman–Crippen LogP) is 3.99. The largest absolute Gasteiger partial charge is 0.493 e. The number of rotatable bonds is 5. The maximum absolute atomic E-state index is 12.9. The molecule has 0 bridgehead atoms. The average Bonchev–Trinajstić information content (AvgIpc) is 2.53. The fourth-order valence-corrected chi connectivity index (χ4v) is 2.68. The lowest BCUT2D eigenvalue weighted by Crippen LogP contribution is -2.30. The van der Waals surface area contributed by atoms with Crippen molar-refractivity contribution < 1.29 is 14.3 Å². The number of carbonyl (C=O) groups excluding carboxylic acids is 1. The molecule has 0 radical (unpaired) electrons. The van der Waals surface area contributed by atoms with Crippen LogP contribution in [-0.2, 0) is 0 Å². The first-order valence-corrected chi connectivity index (χ1v) is 7.62. The van der Waals surface area contributed by atoms with Gasteiger partial charge in [-0.05, 0) is 62.2 Å². The van der Waals surface area contributed by atoms with E-state index in [2.05, 4.69) is 6.07 Å². The third-order valence-electron chi connectivity index (χ3n) is 3.71. The van der Waals surface area contributed by atoms with Crippen LogP contribution in [0.1, 0.15) is 28.4 Å². The van der Waals surface area contributed by atoms with Crippen LogP contribution in [-0.4, -0.2) is 26.7 Å². The molecule has 0 aliphatic carbocycles. The monoisotopic (exact) mass is 313 g/mol. The Morgan fingerprint density at radius 3 is 2.09 bits per heavy atom. The van der Waals surface area contributed by atoms with E-state index in [1.54, 1.807) is 37.3 Å². The van der Waals surface area contributed by atoms with Gasteiger partial charge in [-0.1, -0.05) is 6.07 Å². The van der Waals surface area contributed by atoms with E-state index in [4.69, 9.17) is 9.47 Å². The molecule has 0 unspecified atom stereocenters. The summed E-state index contributed by atoms with van der Waals surface area (Å²) in [6.07, 6.45) is 0. The quantitative estimate of drug-likeness (QED) is 0.838. The Bertz CT molecular complexity index is 690. The Morgan fingerprint density at radius 1 is 0.957 bits per heavy atom. The third kappa shape index (κ3) is 3.65. The lowest BCUT2D eigenvalue weighted by atomic mass is 10.1. The molecule has 4 heteroatoms. The summed E-state index contributed by atoms with van der Waals surface area (Å²) in [6, 6.07) is 11.4. The fraction of sp³-hybridized carbons (Fsp3) is 0.316. The van der Waals surface area contributed by atoms with Gasteiger partial charge in [0.1, 0.15) is 0 Å². The number of methoxy groups -OCH3 is 2. The maximum Gasteiger partial charge on any atom is 0.258 e. The standard InChI is InChI=1S/C19H23NO3/c1-6-20(16-10-13(2)9-14(3)11-16)19(21)15-7-8-17(22-4)18(12-15)23-5/h7-12H,6H2,1-5H3. The molecule has 4 nitrogen and oxygen atoms in total. The molecule has 0 saturated heterocycles. The van der Waals surface area contributed by atoms with Crippen molar-refractivity contribution in [1.29, 1.82) is 0 Å². The van der Waals surface area contributed by atoms with Crippen LogP contribution >= 0.6 is 0 Å². The Balaban J connectivity index is 2.40. The number of amides is 1. The van der Waals surface area contributed by atoms with E-state index in [0.29, 0.717) is 23.6 Å². The molecule has 2 aromatic carbocycles. The highest BCUT2D eigenvalue weighted by Crippen LogP contribution is 2.29. The van der Waals surface area contributed by atoms with Crippen molar-refractivity contribution in [1.82, 2.24) is 0 Å². The van der Waals surface area contributed by atoms with E-state index >= 15 is 0 Å². The number of anilines is 1. The molecular formula is C19H23NO3. The van der Waals surface area contributed by atoms with E-state index in [1.165, 1.54) is 0 Å². The van der Waals surface area contributed by atoms with Gasteiger partial charge in [0.05, 0.1) is 14.2 Å². The highest BCUT2D eigenvalue weighted by atomic mass is 16.5. The molecule has 0 N–H and O–H groups in total. The maximum atomic E-state index is 12.9. The van der Waals surface area contributed by atoms with Crippen LogP contribution in [0.5, 0.6) is 11.5 Å². The molecule has 0 aromatic heterocycles. The number of benzene rings is 2. The summed E-state index contributed by atoms with van der Waals surface area (Å²) in [6.45, 7) is 6.63. The van der Waals surface area contributed by atoms with Crippen LogP contribution in [0.2, 0.25) is 0 Å². The van der Waals surface area contributed by atoms with Crippen molar-refractivity contribution in [2.24, 2.45) is 0 Å². The smallest absolute Gasteiger partial charge is 0.258 e. The second kappa shape index (κ2) is 7.18. The Hall–Kier alpha value is -2.49. The van der Waals surface area contributed by atoms with Crippen molar-refractivity contribution in [2.45, 2.75) is 20.8 Å². The first-order valence-electron chi connectivity index (χ1n) is 7.62. The lowest BCUT2D eigenvalue weighted by molar-refractivity contribution is 0.0988. The van der Waals surface area contributed by atoms with Gasteiger partial charge in [0.2, 0.25) is 0 Å². The van der Waals surface area contributed by atoms with Crippen molar-refractivity contribution in [2.75, 3.05) is 25.7 Å². The van der Waals surface area contributed by atoms with Crippen LogP contribution in [0, 0.1) is 13.8 Å². The zero-order valence-electron chi connectivity index (χ0n) is 14.3. The minimum absolute atomic E-state index is 0.0570. The molecule has 2 rings (SSSR count). The number of hydrogen-bond acceptors (Lipinski definition) is 3. The molecule has 0 aliphatic heterocycles. The van der Waals surface area contributed by atoms with E-state index in [1.807, 2.05) is 32.9 Å². The fourth-order valence-electron chi connectivity index (χ4n) is 2.68. The molecule has 0 heterocycles. The molecule has 0 spiro atoms. The average molecular weight is 313 g/mol. The summed E-state index contributed by atoms with van der Waals surface area (Å²) in [4.78, 5) is 14.7. The first-order chi connectivity index (χ1) is 11.0. The third-order valence-corrected chi connectivity index (χ3v) is 3.71. The van der Waals surface area contributed by atoms with Gasteiger partial charge in [0.15, 0.2) is 11.5 Å². The molecule has 0 aliphatic rings. The molecule has 0 saturated carbocycles. The number of aryl methyl sites for hydroxylation is 2. The van der Waals surface area contributed by atoms with Crippen molar-refractivity contribution in [3.8, 4) is 11.5 Å². The summed E-state index contributed by atoms with van der Waals surface area (Å²) < 4.78 is 10.5.